The maximum atomic E-state index is 12.4. The van der Waals surface area contributed by atoms with Crippen molar-refractivity contribution in [1.29, 1.82) is 0 Å². The molecular weight excluding hydrogens is 244 g/mol. The molecule has 1 heterocycles. The minimum Gasteiger partial charge on any atom is -0.497 e. The quantitative estimate of drug-likeness (QED) is 0.894. The van der Waals surface area contributed by atoms with E-state index in [2.05, 4.69) is 5.32 Å². The van der Waals surface area contributed by atoms with E-state index in [9.17, 15) is 9.59 Å². The number of anilines is 1. The fraction of sp³-hybridized carbons (Fsp3) is 0.429. The Hall–Kier alpha value is -2.04. The Morgan fingerprint density at radius 3 is 2.89 bits per heavy atom. The third kappa shape index (κ3) is 2.86. The van der Waals surface area contributed by atoms with Gasteiger partial charge in [0.25, 0.3) is 0 Å². The van der Waals surface area contributed by atoms with Gasteiger partial charge in [0, 0.05) is 24.7 Å². The van der Waals surface area contributed by atoms with E-state index < -0.39 is 6.04 Å². The summed E-state index contributed by atoms with van der Waals surface area (Å²) >= 11 is 0. The van der Waals surface area contributed by atoms with E-state index in [1.54, 1.807) is 18.1 Å². The Balaban J connectivity index is 2.30. The lowest BCUT2D eigenvalue weighted by Gasteiger charge is -2.23. The highest BCUT2D eigenvalue weighted by molar-refractivity contribution is 6.01. The molecule has 102 valence electrons. The van der Waals surface area contributed by atoms with Crippen molar-refractivity contribution in [2.24, 2.45) is 0 Å². The maximum Gasteiger partial charge on any atom is 0.249 e. The fourth-order valence-corrected chi connectivity index (χ4v) is 2.15. The summed E-state index contributed by atoms with van der Waals surface area (Å²) < 4.78 is 5.17. The molecule has 1 fully saturated rings. The third-order valence-electron chi connectivity index (χ3n) is 3.24. The van der Waals surface area contributed by atoms with Crippen LogP contribution in [0.3, 0.4) is 0 Å². The summed E-state index contributed by atoms with van der Waals surface area (Å²) in [6, 6.07) is 6.87. The molecule has 5 nitrogen and oxygen atoms in total. The number of hydrogen-bond acceptors (Lipinski definition) is 3. The molecule has 1 unspecified atom stereocenters. The zero-order valence-corrected chi connectivity index (χ0v) is 11.2. The molecule has 0 bridgehead atoms. The van der Waals surface area contributed by atoms with Gasteiger partial charge in [-0.15, -0.1) is 0 Å². The van der Waals surface area contributed by atoms with Crippen LogP contribution in [-0.4, -0.2) is 31.5 Å². The van der Waals surface area contributed by atoms with Crippen LogP contribution in [0.2, 0.25) is 0 Å². The van der Waals surface area contributed by atoms with Crippen molar-refractivity contribution in [1.82, 2.24) is 5.32 Å². The number of methoxy groups -OCH3 is 1. The first-order valence-corrected chi connectivity index (χ1v) is 6.40. The Morgan fingerprint density at radius 1 is 1.42 bits per heavy atom. The number of carbonyl (C=O) groups is 2. The molecular formula is C14H18N2O3. The minimum absolute atomic E-state index is 0.0680. The van der Waals surface area contributed by atoms with Crippen molar-refractivity contribution in [2.75, 3.05) is 18.6 Å². The minimum atomic E-state index is -0.443. The molecule has 1 N–H and O–H groups in total. The number of nitrogens with zero attached hydrogens (tertiary/aromatic N) is 1. The highest BCUT2D eigenvalue weighted by Crippen LogP contribution is 2.23. The Morgan fingerprint density at radius 2 is 2.21 bits per heavy atom. The van der Waals surface area contributed by atoms with Gasteiger partial charge in [0.05, 0.1) is 7.11 Å². The summed E-state index contributed by atoms with van der Waals surface area (Å²) in [5, 5.41) is 2.75. The van der Waals surface area contributed by atoms with Crippen LogP contribution in [-0.2, 0) is 9.59 Å². The molecule has 1 aliphatic heterocycles. The normalized spacial score (nSPS) is 19.9. The lowest BCUT2D eigenvalue weighted by Crippen LogP contribution is -2.44. The van der Waals surface area contributed by atoms with Gasteiger partial charge in [-0.05, 0) is 18.6 Å². The average Bonchev–Trinajstić information content (AvgIpc) is 2.58. The lowest BCUT2D eigenvalue weighted by atomic mass is 10.2. The van der Waals surface area contributed by atoms with Crippen LogP contribution in [0, 0.1) is 0 Å². The fourth-order valence-electron chi connectivity index (χ4n) is 2.15. The molecule has 0 aromatic heterocycles. The van der Waals surface area contributed by atoms with Gasteiger partial charge in [-0.25, -0.2) is 0 Å². The number of ether oxygens (including phenoxy) is 1. The predicted molar refractivity (Wildman–Crippen MR) is 72.2 cm³/mol. The summed E-state index contributed by atoms with van der Waals surface area (Å²) in [4.78, 5) is 25.6. The molecule has 1 aromatic rings. The zero-order valence-electron chi connectivity index (χ0n) is 11.2. The first-order chi connectivity index (χ1) is 9.15. The van der Waals surface area contributed by atoms with E-state index in [0.717, 1.165) is 5.69 Å². The smallest absolute Gasteiger partial charge is 0.249 e. The van der Waals surface area contributed by atoms with E-state index >= 15 is 0 Å². The molecule has 2 rings (SSSR count). The van der Waals surface area contributed by atoms with Gasteiger partial charge in [0.2, 0.25) is 11.8 Å². The average molecular weight is 262 g/mol. The van der Waals surface area contributed by atoms with Crippen LogP contribution >= 0.6 is 0 Å². The molecule has 1 aliphatic rings. The second kappa shape index (κ2) is 5.73. The molecule has 5 heteroatoms. The summed E-state index contributed by atoms with van der Waals surface area (Å²) in [5.41, 5.74) is 0.763. The molecule has 1 atom stereocenters. The maximum absolute atomic E-state index is 12.4. The number of hydrogen-bond donors (Lipinski definition) is 1. The van der Waals surface area contributed by atoms with Gasteiger partial charge in [0.1, 0.15) is 11.8 Å². The molecule has 1 aromatic carbocycles. The summed E-state index contributed by atoms with van der Waals surface area (Å²) in [6.07, 6.45) is 0.907. The van der Waals surface area contributed by atoms with Gasteiger partial charge in [-0.2, -0.15) is 0 Å². The van der Waals surface area contributed by atoms with E-state index in [-0.39, 0.29) is 11.8 Å². The number of benzene rings is 1. The van der Waals surface area contributed by atoms with Gasteiger partial charge in [-0.3, -0.25) is 9.59 Å². The second-order valence-corrected chi connectivity index (χ2v) is 4.47. The van der Waals surface area contributed by atoms with E-state index in [1.165, 1.54) is 0 Å². The highest BCUT2D eigenvalue weighted by Gasteiger charge is 2.29. The largest absolute Gasteiger partial charge is 0.497 e. The molecule has 19 heavy (non-hydrogen) atoms. The van der Waals surface area contributed by atoms with Crippen LogP contribution in [0.15, 0.2) is 24.3 Å². The first-order valence-electron chi connectivity index (χ1n) is 6.40. The number of amides is 2. The number of rotatable bonds is 3. The first kappa shape index (κ1) is 13.4. The second-order valence-electron chi connectivity index (χ2n) is 4.47. The Bertz CT molecular complexity index is 487. The topological polar surface area (TPSA) is 58.6 Å². The van der Waals surface area contributed by atoms with E-state index in [4.69, 9.17) is 4.74 Å². The molecule has 1 saturated heterocycles. The Kier molecular flexibility index (Phi) is 4.04. The van der Waals surface area contributed by atoms with Crippen molar-refractivity contribution >= 4 is 17.5 Å². The van der Waals surface area contributed by atoms with Crippen LogP contribution in [0.1, 0.15) is 19.8 Å². The molecule has 0 radical (unpaired) electrons. The third-order valence-corrected chi connectivity index (χ3v) is 3.24. The van der Waals surface area contributed by atoms with Crippen LogP contribution in [0.5, 0.6) is 5.75 Å². The predicted octanol–water partition coefficient (Wildman–Crippen LogP) is 1.33. The van der Waals surface area contributed by atoms with Crippen molar-refractivity contribution in [3.63, 3.8) is 0 Å². The van der Waals surface area contributed by atoms with E-state index in [0.29, 0.717) is 25.1 Å². The zero-order chi connectivity index (χ0) is 13.8. The summed E-state index contributed by atoms with van der Waals surface area (Å²) in [6.45, 7) is 2.28. The number of nitrogens with one attached hydrogen (secondary N) is 1. The van der Waals surface area contributed by atoms with Crippen molar-refractivity contribution < 1.29 is 14.3 Å². The molecule has 2 amide bonds. The number of carbonyl (C=O) groups excluding carboxylic acids is 2. The van der Waals surface area contributed by atoms with Gasteiger partial charge in [-0.1, -0.05) is 13.0 Å². The van der Waals surface area contributed by atoms with Crippen molar-refractivity contribution in [3.05, 3.63) is 24.3 Å². The van der Waals surface area contributed by atoms with Gasteiger partial charge in [0.15, 0.2) is 0 Å². The summed E-state index contributed by atoms with van der Waals surface area (Å²) in [7, 11) is 1.59. The summed E-state index contributed by atoms with van der Waals surface area (Å²) in [5.74, 6) is 0.550. The van der Waals surface area contributed by atoms with Gasteiger partial charge < -0.3 is 15.0 Å². The van der Waals surface area contributed by atoms with E-state index in [1.807, 2.05) is 25.1 Å². The van der Waals surface area contributed by atoms with Crippen molar-refractivity contribution in [3.8, 4) is 5.75 Å². The standard InChI is InChI=1S/C14H18N2O3/c1-3-12-14(18)16(8-7-13(17)15-12)10-5-4-6-11(9-10)19-2/h4-6,9,12H,3,7-8H2,1-2H3,(H,15,17). The monoisotopic (exact) mass is 262 g/mol. The molecule has 0 aliphatic carbocycles. The Labute approximate surface area is 112 Å². The van der Waals surface area contributed by atoms with Crippen LogP contribution in [0.4, 0.5) is 5.69 Å². The molecule has 0 spiro atoms. The highest BCUT2D eigenvalue weighted by atomic mass is 16.5. The van der Waals surface area contributed by atoms with Crippen LogP contribution in [0.25, 0.3) is 0 Å². The molecule has 0 saturated carbocycles. The SMILES string of the molecule is CCC1NC(=O)CCN(c2cccc(OC)c2)C1=O. The van der Waals surface area contributed by atoms with Crippen LogP contribution < -0.4 is 15.0 Å². The lowest BCUT2D eigenvalue weighted by molar-refractivity contribution is -0.125. The van der Waals surface area contributed by atoms with Gasteiger partial charge >= 0.3 is 0 Å². The van der Waals surface area contributed by atoms with Crippen molar-refractivity contribution in [2.45, 2.75) is 25.8 Å².